The average molecular weight is 405 g/mol. The number of carbonyl (C=O) groups is 1. The maximum absolute atomic E-state index is 12.2. The summed E-state index contributed by atoms with van der Waals surface area (Å²) in [5.41, 5.74) is 7.76. The summed E-state index contributed by atoms with van der Waals surface area (Å²) < 4.78 is 45.6. The number of hydrogen-bond donors (Lipinski definition) is 2. The predicted octanol–water partition coefficient (Wildman–Crippen LogP) is 3.75. The second kappa shape index (κ2) is 8.78. The zero-order valence-corrected chi connectivity index (χ0v) is 15.1. The van der Waals surface area contributed by atoms with E-state index in [-0.39, 0.29) is 23.9 Å². The van der Waals surface area contributed by atoms with Crippen molar-refractivity contribution >= 4 is 5.91 Å². The van der Waals surface area contributed by atoms with Gasteiger partial charge in [0.05, 0.1) is 6.04 Å². The Bertz CT molecular complexity index is 941. The van der Waals surface area contributed by atoms with Gasteiger partial charge < -0.3 is 20.2 Å². The van der Waals surface area contributed by atoms with Crippen LogP contribution in [0.3, 0.4) is 0 Å². The molecule has 0 aliphatic rings. The van der Waals surface area contributed by atoms with Gasteiger partial charge in [-0.25, -0.2) is 4.98 Å². The van der Waals surface area contributed by atoms with Gasteiger partial charge in [-0.1, -0.05) is 42.5 Å². The van der Waals surface area contributed by atoms with Crippen molar-refractivity contribution in [2.75, 3.05) is 0 Å². The van der Waals surface area contributed by atoms with Gasteiger partial charge in [0.25, 0.3) is 5.91 Å². The van der Waals surface area contributed by atoms with Gasteiger partial charge in [-0.15, -0.1) is 13.2 Å². The van der Waals surface area contributed by atoms with Gasteiger partial charge in [0.2, 0.25) is 5.89 Å². The largest absolute Gasteiger partial charge is 0.573 e. The molecule has 2 aromatic carbocycles. The Morgan fingerprint density at radius 2 is 1.79 bits per heavy atom. The lowest BCUT2D eigenvalue weighted by Gasteiger charge is -2.09. The van der Waals surface area contributed by atoms with E-state index < -0.39 is 18.3 Å². The topological polar surface area (TPSA) is 90.4 Å². The molecule has 0 saturated carbocycles. The van der Waals surface area contributed by atoms with E-state index in [9.17, 15) is 18.0 Å². The third kappa shape index (κ3) is 6.08. The van der Waals surface area contributed by atoms with E-state index in [1.165, 1.54) is 30.5 Å². The number of carbonyl (C=O) groups excluding carboxylic acids is 1. The number of alkyl halides is 3. The van der Waals surface area contributed by atoms with Crippen molar-refractivity contribution in [3.63, 3.8) is 0 Å². The summed E-state index contributed by atoms with van der Waals surface area (Å²) in [4.78, 5) is 16.3. The number of hydrogen-bond acceptors (Lipinski definition) is 5. The van der Waals surface area contributed by atoms with E-state index in [4.69, 9.17) is 10.2 Å². The van der Waals surface area contributed by atoms with Gasteiger partial charge in [0.15, 0.2) is 5.69 Å². The van der Waals surface area contributed by atoms with Crippen molar-refractivity contribution < 1.29 is 27.1 Å². The van der Waals surface area contributed by atoms with Crippen LogP contribution in [0, 0.1) is 0 Å². The number of halogens is 3. The summed E-state index contributed by atoms with van der Waals surface area (Å²) in [5, 5.41) is 2.62. The van der Waals surface area contributed by atoms with Crippen molar-refractivity contribution in [1.29, 1.82) is 0 Å². The maximum Gasteiger partial charge on any atom is 0.573 e. The zero-order chi connectivity index (χ0) is 20.9. The number of nitrogens with two attached hydrogens (primary N) is 1. The monoisotopic (exact) mass is 405 g/mol. The molecule has 3 aromatic rings. The highest BCUT2D eigenvalue weighted by molar-refractivity contribution is 5.91. The lowest BCUT2D eigenvalue weighted by Crippen LogP contribution is -2.23. The van der Waals surface area contributed by atoms with E-state index in [2.05, 4.69) is 15.0 Å². The first kappa shape index (κ1) is 20.4. The molecule has 6 nitrogen and oxygen atoms in total. The molecule has 0 fully saturated rings. The molecule has 0 aliphatic heterocycles. The first-order valence-corrected chi connectivity index (χ1v) is 8.68. The fraction of sp³-hybridized carbons (Fsp3) is 0.200. The number of rotatable bonds is 7. The summed E-state index contributed by atoms with van der Waals surface area (Å²) in [6, 6.07) is 14.3. The highest BCUT2D eigenvalue weighted by atomic mass is 19.4. The Hall–Kier alpha value is -3.33. The second-order valence-electron chi connectivity index (χ2n) is 6.24. The standard InChI is InChI=1S/C20H18F3N3O3/c21-20(22,23)29-15-8-6-14(7-9-15)11-25-18(27)17-12-28-19(26-17)16(24)10-13-4-2-1-3-5-13/h1-9,12,16H,10-11,24H2,(H,25,27). The number of oxazole rings is 1. The third-order valence-electron chi connectivity index (χ3n) is 3.98. The summed E-state index contributed by atoms with van der Waals surface area (Å²) >= 11 is 0. The fourth-order valence-electron chi connectivity index (χ4n) is 2.60. The normalized spacial score (nSPS) is 12.4. The van der Waals surface area contributed by atoms with Crippen LogP contribution in [0.5, 0.6) is 5.75 Å². The van der Waals surface area contributed by atoms with Crippen LogP contribution in [0.15, 0.2) is 65.3 Å². The van der Waals surface area contributed by atoms with Crippen LogP contribution in [0.25, 0.3) is 0 Å². The Labute approximate surface area is 164 Å². The van der Waals surface area contributed by atoms with Crippen LogP contribution in [0.4, 0.5) is 13.2 Å². The minimum Gasteiger partial charge on any atom is -0.446 e. The Balaban J connectivity index is 1.53. The molecule has 3 rings (SSSR count). The SMILES string of the molecule is NC(Cc1ccccc1)c1nc(C(=O)NCc2ccc(OC(F)(F)F)cc2)co1. The van der Waals surface area contributed by atoms with Gasteiger partial charge in [-0.3, -0.25) is 4.79 Å². The molecule has 1 unspecified atom stereocenters. The molecular weight excluding hydrogens is 387 g/mol. The van der Waals surface area contributed by atoms with Crippen molar-refractivity contribution in [2.45, 2.75) is 25.4 Å². The van der Waals surface area contributed by atoms with Crippen molar-refractivity contribution in [1.82, 2.24) is 10.3 Å². The lowest BCUT2D eigenvalue weighted by molar-refractivity contribution is -0.274. The van der Waals surface area contributed by atoms with Crippen LogP contribution in [0.2, 0.25) is 0 Å². The van der Waals surface area contributed by atoms with Crippen LogP contribution in [0.1, 0.15) is 33.5 Å². The number of nitrogens with one attached hydrogen (secondary N) is 1. The number of aromatic nitrogens is 1. The van der Waals surface area contributed by atoms with Gasteiger partial charge in [-0.05, 0) is 29.7 Å². The summed E-state index contributed by atoms with van der Waals surface area (Å²) in [6.07, 6.45) is -3.02. The highest BCUT2D eigenvalue weighted by Crippen LogP contribution is 2.22. The van der Waals surface area contributed by atoms with Crippen molar-refractivity contribution in [3.05, 3.63) is 83.6 Å². The Kier molecular flexibility index (Phi) is 6.18. The van der Waals surface area contributed by atoms with Crippen LogP contribution >= 0.6 is 0 Å². The van der Waals surface area contributed by atoms with Crippen LogP contribution in [-0.4, -0.2) is 17.3 Å². The summed E-state index contributed by atoms with van der Waals surface area (Å²) in [6.45, 7) is 0.101. The predicted molar refractivity (Wildman–Crippen MR) is 97.9 cm³/mol. The quantitative estimate of drug-likeness (QED) is 0.625. The van der Waals surface area contributed by atoms with Gasteiger partial charge in [-0.2, -0.15) is 0 Å². The first-order valence-electron chi connectivity index (χ1n) is 8.68. The molecule has 1 atom stereocenters. The Morgan fingerprint density at radius 1 is 1.10 bits per heavy atom. The molecule has 0 saturated heterocycles. The number of ether oxygens (including phenoxy) is 1. The molecule has 0 bridgehead atoms. The molecule has 0 spiro atoms. The van der Waals surface area contributed by atoms with Gasteiger partial charge >= 0.3 is 6.36 Å². The molecule has 1 aromatic heterocycles. The molecule has 1 amide bonds. The fourth-order valence-corrected chi connectivity index (χ4v) is 2.60. The molecule has 1 heterocycles. The van der Waals surface area contributed by atoms with E-state index in [0.717, 1.165) is 5.56 Å². The van der Waals surface area contributed by atoms with E-state index in [1.807, 2.05) is 30.3 Å². The zero-order valence-electron chi connectivity index (χ0n) is 15.1. The number of amides is 1. The van der Waals surface area contributed by atoms with Gasteiger partial charge in [0.1, 0.15) is 12.0 Å². The summed E-state index contributed by atoms with van der Waals surface area (Å²) in [7, 11) is 0. The van der Waals surface area contributed by atoms with E-state index in [0.29, 0.717) is 12.0 Å². The van der Waals surface area contributed by atoms with Crippen molar-refractivity contribution in [3.8, 4) is 5.75 Å². The minimum atomic E-state index is -4.75. The number of benzene rings is 2. The highest BCUT2D eigenvalue weighted by Gasteiger charge is 2.30. The van der Waals surface area contributed by atoms with E-state index >= 15 is 0 Å². The molecule has 9 heteroatoms. The smallest absolute Gasteiger partial charge is 0.446 e. The molecule has 3 N–H and O–H groups in total. The second-order valence-corrected chi connectivity index (χ2v) is 6.24. The average Bonchev–Trinajstić information content (AvgIpc) is 3.17. The van der Waals surface area contributed by atoms with Gasteiger partial charge in [0, 0.05) is 6.54 Å². The van der Waals surface area contributed by atoms with Crippen molar-refractivity contribution in [2.24, 2.45) is 5.73 Å². The summed E-state index contributed by atoms with van der Waals surface area (Å²) in [5.74, 6) is -0.573. The van der Waals surface area contributed by atoms with Crippen LogP contribution in [-0.2, 0) is 13.0 Å². The Morgan fingerprint density at radius 3 is 2.45 bits per heavy atom. The van der Waals surface area contributed by atoms with Crippen LogP contribution < -0.4 is 15.8 Å². The molecular formula is C20H18F3N3O3. The minimum absolute atomic E-state index is 0.0699. The first-order chi connectivity index (χ1) is 13.8. The third-order valence-corrected chi connectivity index (χ3v) is 3.98. The lowest BCUT2D eigenvalue weighted by atomic mass is 10.1. The molecule has 152 valence electrons. The molecule has 29 heavy (non-hydrogen) atoms. The maximum atomic E-state index is 12.2. The number of nitrogens with zero attached hydrogens (tertiary/aromatic N) is 1. The molecule has 0 radical (unpaired) electrons. The molecule has 0 aliphatic carbocycles. The van der Waals surface area contributed by atoms with E-state index in [1.54, 1.807) is 0 Å².